The van der Waals surface area contributed by atoms with Crippen LogP contribution in [0, 0.1) is 5.92 Å². The fourth-order valence-electron chi connectivity index (χ4n) is 2.75. The Balaban J connectivity index is 1.91. The predicted octanol–water partition coefficient (Wildman–Crippen LogP) is 1.94. The van der Waals surface area contributed by atoms with Gasteiger partial charge in [0.2, 0.25) is 5.91 Å². The van der Waals surface area contributed by atoms with E-state index in [1.807, 2.05) is 4.90 Å². The summed E-state index contributed by atoms with van der Waals surface area (Å²) in [5.41, 5.74) is 1.41. The minimum absolute atomic E-state index is 0.0699. The standard InChI is InChI=1S/C14H24N2O/c1-3-12-4-7-15-13(10-12)14(17)16-8-5-11(2)6-9-16/h5,12-13,15H,3-4,6-10H2,1-2H3. The number of carbonyl (C=O) groups excluding carboxylic acids is 1. The van der Waals surface area contributed by atoms with Crippen LogP contribution in [0.15, 0.2) is 11.6 Å². The van der Waals surface area contributed by atoms with Crippen molar-refractivity contribution in [1.82, 2.24) is 10.2 Å². The lowest BCUT2D eigenvalue weighted by Gasteiger charge is -2.34. The van der Waals surface area contributed by atoms with Gasteiger partial charge in [-0.3, -0.25) is 4.79 Å². The summed E-state index contributed by atoms with van der Waals surface area (Å²) >= 11 is 0. The Bertz CT molecular complexity index is 311. The third-order valence-electron chi connectivity index (χ3n) is 4.14. The molecule has 3 heteroatoms. The van der Waals surface area contributed by atoms with Crippen LogP contribution in [0.4, 0.5) is 0 Å². The second-order valence-electron chi connectivity index (χ2n) is 5.39. The topological polar surface area (TPSA) is 32.3 Å². The number of nitrogens with zero attached hydrogens (tertiary/aromatic N) is 1. The molecule has 1 saturated heterocycles. The fourth-order valence-corrected chi connectivity index (χ4v) is 2.75. The van der Waals surface area contributed by atoms with Gasteiger partial charge in [0.15, 0.2) is 0 Å². The number of carbonyl (C=O) groups is 1. The summed E-state index contributed by atoms with van der Waals surface area (Å²) in [6.45, 7) is 7.08. The molecule has 1 amide bonds. The van der Waals surface area contributed by atoms with E-state index in [-0.39, 0.29) is 6.04 Å². The number of hydrogen-bond donors (Lipinski definition) is 1. The fraction of sp³-hybridized carbons (Fsp3) is 0.786. The van der Waals surface area contributed by atoms with E-state index in [1.165, 1.54) is 18.4 Å². The molecule has 0 bridgehead atoms. The molecular formula is C14H24N2O. The van der Waals surface area contributed by atoms with Crippen molar-refractivity contribution < 1.29 is 4.79 Å². The number of hydrogen-bond acceptors (Lipinski definition) is 2. The first-order chi connectivity index (χ1) is 8.20. The molecule has 0 aliphatic carbocycles. The molecule has 0 aromatic carbocycles. The average Bonchev–Trinajstić information content (AvgIpc) is 2.39. The van der Waals surface area contributed by atoms with Crippen molar-refractivity contribution in [2.75, 3.05) is 19.6 Å². The van der Waals surface area contributed by atoms with Crippen LogP contribution in [-0.2, 0) is 4.79 Å². The van der Waals surface area contributed by atoms with Crippen molar-refractivity contribution >= 4 is 5.91 Å². The minimum Gasteiger partial charge on any atom is -0.337 e. The largest absolute Gasteiger partial charge is 0.337 e. The summed E-state index contributed by atoms with van der Waals surface area (Å²) in [6.07, 6.45) is 6.66. The van der Waals surface area contributed by atoms with Gasteiger partial charge in [0.05, 0.1) is 6.04 Å². The Kier molecular flexibility index (Phi) is 4.21. The van der Waals surface area contributed by atoms with Crippen LogP contribution in [0.5, 0.6) is 0 Å². The summed E-state index contributed by atoms with van der Waals surface area (Å²) in [5.74, 6) is 1.04. The van der Waals surface area contributed by atoms with Gasteiger partial charge in [0, 0.05) is 13.1 Å². The van der Waals surface area contributed by atoms with E-state index in [2.05, 4.69) is 25.2 Å². The lowest BCUT2D eigenvalue weighted by Crippen LogP contribution is -2.51. The molecule has 2 aliphatic heterocycles. The van der Waals surface area contributed by atoms with Crippen LogP contribution in [-0.4, -0.2) is 36.5 Å². The second kappa shape index (κ2) is 5.67. The van der Waals surface area contributed by atoms with E-state index in [4.69, 9.17) is 0 Å². The van der Waals surface area contributed by atoms with Gasteiger partial charge < -0.3 is 10.2 Å². The van der Waals surface area contributed by atoms with E-state index in [0.29, 0.717) is 5.91 Å². The van der Waals surface area contributed by atoms with Gasteiger partial charge in [-0.05, 0) is 38.6 Å². The molecule has 1 fully saturated rings. The SMILES string of the molecule is CCC1CCNC(C(=O)N2CC=C(C)CC2)C1. The van der Waals surface area contributed by atoms with E-state index in [9.17, 15) is 4.79 Å². The maximum Gasteiger partial charge on any atom is 0.240 e. The molecule has 2 atom stereocenters. The maximum absolute atomic E-state index is 12.4. The minimum atomic E-state index is 0.0699. The van der Waals surface area contributed by atoms with Crippen LogP contribution in [0.1, 0.15) is 39.5 Å². The first-order valence-corrected chi connectivity index (χ1v) is 6.88. The van der Waals surface area contributed by atoms with Crippen molar-refractivity contribution in [2.45, 2.75) is 45.6 Å². The summed E-state index contributed by atoms with van der Waals surface area (Å²) in [6, 6.07) is 0.0699. The van der Waals surface area contributed by atoms with Gasteiger partial charge in [-0.2, -0.15) is 0 Å². The molecule has 1 N–H and O–H groups in total. The molecule has 2 heterocycles. The lowest BCUT2D eigenvalue weighted by molar-refractivity contribution is -0.134. The first kappa shape index (κ1) is 12.6. The summed E-state index contributed by atoms with van der Waals surface area (Å²) in [4.78, 5) is 14.4. The Morgan fingerprint density at radius 3 is 3.06 bits per heavy atom. The Morgan fingerprint density at radius 1 is 1.59 bits per heavy atom. The van der Waals surface area contributed by atoms with Gasteiger partial charge >= 0.3 is 0 Å². The number of piperidine rings is 1. The molecule has 0 aromatic rings. The van der Waals surface area contributed by atoms with Crippen LogP contribution in [0.25, 0.3) is 0 Å². The maximum atomic E-state index is 12.4. The van der Waals surface area contributed by atoms with E-state index >= 15 is 0 Å². The number of nitrogens with one attached hydrogen (secondary N) is 1. The Labute approximate surface area is 104 Å². The lowest BCUT2D eigenvalue weighted by atomic mass is 9.89. The third-order valence-corrected chi connectivity index (χ3v) is 4.14. The average molecular weight is 236 g/mol. The van der Waals surface area contributed by atoms with Crippen LogP contribution in [0.3, 0.4) is 0 Å². The van der Waals surface area contributed by atoms with E-state index < -0.39 is 0 Å². The van der Waals surface area contributed by atoms with Gasteiger partial charge in [0.25, 0.3) is 0 Å². The van der Waals surface area contributed by atoms with Crippen molar-refractivity contribution in [2.24, 2.45) is 5.92 Å². The molecule has 0 radical (unpaired) electrons. The molecule has 2 rings (SSSR count). The van der Waals surface area contributed by atoms with E-state index in [1.54, 1.807) is 0 Å². The second-order valence-corrected chi connectivity index (χ2v) is 5.39. The van der Waals surface area contributed by atoms with Gasteiger partial charge in [-0.1, -0.05) is 25.0 Å². The number of amides is 1. The predicted molar refractivity (Wildman–Crippen MR) is 69.8 cm³/mol. The molecule has 2 unspecified atom stereocenters. The normalized spacial score (nSPS) is 30.0. The number of rotatable bonds is 2. The quantitative estimate of drug-likeness (QED) is 0.743. The highest BCUT2D eigenvalue weighted by Crippen LogP contribution is 2.21. The summed E-state index contributed by atoms with van der Waals surface area (Å²) in [5, 5.41) is 3.38. The smallest absolute Gasteiger partial charge is 0.240 e. The zero-order valence-corrected chi connectivity index (χ0v) is 11.0. The van der Waals surface area contributed by atoms with Crippen LogP contribution in [0.2, 0.25) is 0 Å². The van der Waals surface area contributed by atoms with Crippen molar-refractivity contribution in [3.05, 3.63) is 11.6 Å². The van der Waals surface area contributed by atoms with Crippen molar-refractivity contribution in [1.29, 1.82) is 0 Å². The van der Waals surface area contributed by atoms with Crippen molar-refractivity contribution in [3.8, 4) is 0 Å². The molecule has 0 spiro atoms. The Morgan fingerprint density at radius 2 is 2.41 bits per heavy atom. The summed E-state index contributed by atoms with van der Waals surface area (Å²) < 4.78 is 0. The van der Waals surface area contributed by atoms with Crippen LogP contribution >= 0.6 is 0 Å². The molecule has 0 aromatic heterocycles. The molecular weight excluding hydrogens is 212 g/mol. The van der Waals surface area contributed by atoms with Crippen LogP contribution < -0.4 is 5.32 Å². The molecule has 2 aliphatic rings. The molecule has 3 nitrogen and oxygen atoms in total. The highest BCUT2D eigenvalue weighted by atomic mass is 16.2. The molecule has 96 valence electrons. The highest BCUT2D eigenvalue weighted by molar-refractivity contribution is 5.82. The van der Waals surface area contributed by atoms with Gasteiger partial charge in [0.1, 0.15) is 0 Å². The van der Waals surface area contributed by atoms with E-state index in [0.717, 1.165) is 38.4 Å². The third kappa shape index (κ3) is 3.09. The molecule has 17 heavy (non-hydrogen) atoms. The molecule has 0 saturated carbocycles. The highest BCUT2D eigenvalue weighted by Gasteiger charge is 2.29. The van der Waals surface area contributed by atoms with Gasteiger partial charge in [-0.15, -0.1) is 0 Å². The zero-order valence-electron chi connectivity index (χ0n) is 11.0. The Hall–Kier alpha value is -0.830. The van der Waals surface area contributed by atoms with Gasteiger partial charge in [-0.25, -0.2) is 0 Å². The summed E-state index contributed by atoms with van der Waals surface area (Å²) in [7, 11) is 0. The van der Waals surface area contributed by atoms with Crippen molar-refractivity contribution in [3.63, 3.8) is 0 Å². The zero-order chi connectivity index (χ0) is 12.3. The monoisotopic (exact) mass is 236 g/mol. The first-order valence-electron chi connectivity index (χ1n) is 6.88.